The highest BCUT2D eigenvalue weighted by atomic mass is 16.2. The molecular weight excluding hydrogens is 386 g/mol. The fourth-order valence-corrected chi connectivity index (χ4v) is 4.96. The number of anilines is 1. The fourth-order valence-electron chi connectivity index (χ4n) is 4.96. The Bertz CT molecular complexity index is 1130. The molecule has 158 valence electrons. The van der Waals surface area contributed by atoms with E-state index in [0.717, 1.165) is 47.7 Å². The minimum atomic E-state index is 0.0448. The van der Waals surface area contributed by atoms with Crippen LogP contribution in [0.4, 0.5) is 5.82 Å². The van der Waals surface area contributed by atoms with Crippen LogP contribution < -0.4 is 5.32 Å². The molecule has 1 aliphatic carbocycles. The van der Waals surface area contributed by atoms with E-state index in [1.165, 1.54) is 0 Å². The minimum absolute atomic E-state index is 0.0448. The zero-order valence-corrected chi connectivity index (χ0v) is 18.2. The molecule has 6 nitrogen and oxygen atoms in total. The van der Waals surface area contributed by atoms with E-state index >= 15 is 0 Å². The topological polar surface area (TPSA) is 71.0 Å². The monoisotopic (exact) mass is 413 g/mol. The van der Waals surface area contributed by atoms with Crippen LogP contribution in [-0.2, 0) is 0 Å². The van der Waals surface area contributed by atoms with Gasteiger partial charge in [0, 0.05) is 30.7 Å². The number of carbonyl (C=O) groups excluding carboxylic acids is 1. The number of hydrogen-bond donors (Lipinski definition) is 1. The number of pyridine rings is 3. The number of aromatic nitrogens is 3. The van der Waals surface area contributed by atoms with E-state index < -0.39 is 0 Å². The minimum Gasteiger partial charge on any atom is -0.365 e. The van der Waals surface area contributed by atoms with E-state index in [1.807, 2.05) is 62.2 Å². The lowest BCUT2D eigenvalue weighted by atomic mass is 10.0. The number of piperidine rings is 1. The number of rotatable bonds is 4. The normalized spacial score (nSPS) is 22.0. The Balaban J connectivity index is 1.43. The third-order valence-electron chi connectivity index (χ3n) is 6.49. The van der Waals surface area contributed by atoms with Crippen LogP contribution >= 0.6 is 0 Å². The highest BCUT2D eigenvalue weighted by molar-refractivity contribution is 6.00. The molecule has 2 bridgehead atoms. The van der Waals surface area contributed by atoms with Crippen LogP contribution in [0, 0.1) is 26.7 Å². The number of amides is 1. The summed E-state index contributed by atoms with van der Waals surface area (Å²) in [5.41, 5.74) is 5.12. The number of aryl methyl sites for hydroxylation is 3. The second-order valence-corrected chi connectivity index (χ2v) is 8.85. The van der Waals surface area contributed by atoms with E-state index in [-0.39, 0.29) is 18.0 Å². The fraction of sp³-hybridized carbons (Fsp3) is 0.360. The number of nitrogens with zero attached hydrogens (tertiary/aromatic N) is 4. The second-order valence-electron chi connectivity index (χ2n) is 8.85. The van der Waals surface area contributed by atoms with Crippen LogP contribution in [-0.4, -0.2) is 44.4 Å². The van der Waals surface area contributed by atoms with Crippen molar-refractivity contribution >= 4 is 11.7 Å². The smallest absolute Gasteiger partial charge is 0.256 e. The molecule has 4 heterocycles. The Morgan fingerprint density at radius 2 is 1.90 bits per heavy atom. The predicted molar refractivity (Wildman–Crippen MR) is 121 cm³/mol. The van der Waals surface area contributed by atoms with Gasteiger partial charge in [-0.05, 0) is 74.9 Å². The van der Waals surface area contributed by atoms with E-state index in [4.69, 9.17) is 4.98 Å². The van der Waals surface area contributed by atoms with Crippen LogP contribution in [0.15, 0.2) is 48.8 Å². The lowest BCUT2D eigenvalue weighted by Gasteiger charge is -2.34. The Morgan fingerprint density at radius 1 is 1.03 bits per heavy atom. The summed E-state index contributed by atoms with van der Waals surface area (Å²) < 4.78 is 0. The molecule has 1 amide bonds. The summed E-state index contributed by atoms with van der Waals surface area (Å²) in [6.07, 6.45) is 5.74. The molecule has 3 aromatic heterocycles. The average Bonchev–Trinajstić information content (AvgIpc) is 3.36. The maximum Gasteiger partial charge on any atom is 0.256 e. The second kappa shape index (κ2) is 7.76. The molecule has 0 radical (unpaired) electrons. The lowest BCUT2D eigenvalue weighted by molar-refractivity contribution is 0.0692. The molecule has 1 saturated carbocycles. The zero-order chi connectivity index (χ0) is 21.5. The first-order valence-electron chi connectivity index (χ1n) is 10.9. The van der Waals surface area contributed by atoms with Crippen molar-refractivity contribution in [2.45, 2.75) is 45.7 Å². The molecule has 1 N–H and O–H groups in total. The quantitative estimate of drug-likeness (QED) is 0.695. The molecule has 5 rings (SSSR count). The number of hydrogen-bond acceptors (Lipinski definition) is 5. The van der Waals surface area contributed by atoms with Gasteiger partial charge in [0.25, 0.3) is 5.91 Å². The highest BCUT2D eigenvalue weighted by Crippen LogP contribution is 2.40. The predicted octanol–water partition coefficient (Wildman–Crippen LogP) is 4.18. The molecule has 1 aliphatic heterocycles. The summed E-state index contributed by atoms with van der Waals surface area (Å²) >= 11 is 0. The third kappa shape index (κ3) is 3.67. The first kappa shape index (κ1) is 19.7. The maximum absolute atomic E-state index is 13.7. The Morgan fingerprint density at radius 3 is 2.65 bits per heavy atom. The lowest BCUT2D eigenvalue weighted by Crippen LogP contribution is -2.48. The van der Waals surface area contributed by atoms with Gasteiger partial charge in [0.15, 0.2) is 0 Å². The number of carbonyl (C=O) groups is 1. The van der Waals surface area contributed by atoms with Gasteiger partial charge in [-0.3, -0.25) is 14.8 Å². The van der Waals surface area contributed by atoms with E-state index in [2.05, 4.69) is 21.4 Å². The SMILES string of the molecule is Cc1ccc(NC2CC3CC2N(C(=O)c2ccc(C)nc2-c2ncccc2C)C3)nc1. The van der Waals surface area contributed by atoms with Crippen molar-refractivity contribution in [1.82, 2.24) is 19.9 Å². The van der Waals surface area contributed by atoms with Crippen molar-refractivity contribution in [3.63, 3.8) is 0 Å². The summed E-state index contributed by atoms with van der Waals surface area (Å²) in [4.78, 5) is 29.5. The molecule has 3 unspecified atom stereocenters. The molecule has 3 aromatic rings. The van der Waals surface area contributed by atoms with Gasteiger partial charge in [-0.2, -0.15) is 0 Å². The van der Waals surface area contributed by atoms with E-state index in [0.29, 0.717) is 17.2 Å². The molecule has 6 heteroatoms. The van der Waals surface area contributed by atoms with Crippen molar-refractivity contribution in [2.75, 3.05) is 11.9 Å². The van der Waals surface area contributed by atoms with Gasteiger partial charge in [-0.15, -0.1) is 0 Å². The van der Waals surface area contributed by atoms with Gasteiger partial charge in [-0.25, -0.2) is 4.98 Å². The first-order chi connectivity index (χ1) is 15.0. The molecule has 3 atom stereocenters. The largest absolute Gasteiger partial charge is 0.365 e. The summed E-state index contributed by atoms with van der Waals surface area (Å²) in [5.74, 6) is 1.44. The van der Waals surface area contributed by atoms with Gasteiger partial charge >= 0.3 is 0 Å². The van der Waals surface area contributed by atoms with E-state index in [1.54, 1.807) is 6.20 Å². The van der Waals surface area contributed by atoms with Crippen molar-refractivity contribution in [1.29, 1.82) is 0 Å². The molecule has 2 aliphatic rings. The molecule has 1 saturated heterocycles. The standard InChI is InChI=1S/C25H27N5O/c1-15-6-9-22(27-13-15)29-20-11-18-12-21(20)30(14-18)25(31)19-8-7-17(3)28-24(19)23-16(2)5-4-10-26-23/h4-10,13,18,20-21H,11-12,14H2,1-3H3,(H,27,29). The molecular formula is C25H27N5O. The molecule has 2 fully saturated rings. The van der Waals surface area contributed by atoms with Gasteiger partial charge in [0.1, 0.15) is 11.5 Å². The Kier molecular flexibility index (Phi) is 4.93. The van der Waals surface area contributed by atoms with Crippen LogP contribution in [0.5, 0.6) is 0 Å². The van der Waals surface area contributed by atoms with Gasteiger partial charge in [-0.1, -0.05) is 12.1 Å². The molecule has 0 aromatic carbocycles. The van der Waals surface area contributed by atoms with Gasteiger partial charge < -0.3 is 10.2 Å². The maximum atomic E-state index is 13.7. The summed E-state index contributed by atoms with van der Waals surface area (Å²) in [5, 5.41) is 3.57. The van der Waals surface area contributed by atoms with Crippen LogP contribution in [0.1, 0.15) is 40.0 Å². The summed E-state index contributed by atoms with van der Waals surface area (Å²) in [6, 6.07) is 12.2. The highest BCUT2D eigenvalue weighted by Gasteiger charge is 2.47. The van der Waals surface area contributed by atoms with Crippen LogP contribution in [0.3, 0.4) is 0 Å². The molecule has 31 heavy (non-hydrogen) atoms. The number of likely N-dealkylation sites (tertiary alicyclic amines) is 1. The van der Waals surface area contributed by atoms with Gasteiger partial charge in [0.2, 0.25) is 0 Å². The van der Waals surface area contributed by atoms with Gasteiger partial charge in [0.05, 0.1) is 17.3 Å². The number of fused-ring (bicyclic) bond motifs is 2. The van der Waals surface area contributed by atoms with E-state index in [9.17, 15) is 4.79 Å². The van der Waals surface area contributed by atoms with Crippen molar-refractivity contribution in [3.05, 3.63) is 71.2 Å². The first-order valence-corrected chi connectivity index (χ1v) is 10.9. The third-order valence-corrected chi connectivity index (χ3v) is 6.49. The van der Waals surface area contributed by atoms with Crippen molar-refractivity contribution < 1.29 is 4.79 Å². The summed E-state index contributed by atoms with van der Waals surface area (Å²) in [7, 11) is 0. The summed E-state index contributed by atoms with van der Waals surface area (Å²) in [6.45, 7) is 6.79. The van der Waals surface area contributed by atoms with Crippen LogP contribution in [0.2, 0.25) is 0 Å². The molecule has 0 spiro atoms. The average molecular weight is 414 g/mol. The van der Waals surface area contributed by atoms with Crippen LogP contribution in [0.25, 0.3) is 11.4 Å². The Labute approximate surface area is 182 Å². The Hall–Kier alpha value is -3.28. The van der Waals surface area contributed by atoms with Crippen molar-refractivity contribution in [3.8, 4) is 11.4 Å². The van der Waals surface area contributed by atoms with Crippen molar-refractivity contribution in [2.24, 2.45) is 5.92 Å². The zero-order valence-electron chi connectivity index (χ0n) is 18.2. The number of nitrogens with one attached hydrogen (secondary N) is 1.